The Kier molecular flexibility index (Phi) is 3.14. The number of benzene rings is 1. The van der Waals surface area contributed by atoms with Gasteiger partial charge in [-0.3, -0.25) is 4.79 Å². The van der Waals surface area contributed by atoms with Gasteiger partial charge in [-0.1, -0.05) is 0 Å². The minimum Gasteiger partial charge on any atom is -0.368 e. The Morgan fingerprint density at radius 3 is 2.82 bits per heavy atom. The van der Waals surface area contributed by atoms with E-state index in [1.807, 2.05) is 6.07 Å². The van der Waals surface area contributed by atoms with Gasteiger partial charge in [0.05, 0.1) is 11.6 Å². The van der Waals surface area contributed by atoms with Crippen LogP contribution in [0.15, 0.2) is 18.2 Å². The third-order valence-corrected chi connectivity index (χ3v) is 3.37. The molecule has 3 nitrogen and oxygen atoms in total. The number of Topliss-reactive ketones (excluding diaryl/α,β-unsaturated/α-hetero) is 1. The lowest BCUT2D eigenvalue weighted by atomic mass is 10.0. The van der Waals surface area contributed by atoms with E-state index in [0.717, 1.165) is 30.6 Å². The van der Waals surface area contributed by atoms with Crippen LogP contribution in [-0.4, -0.2) is 18.4 Å². The molecule has 0 amide bonds. The topological polar surface area (TPSA) is 44.1 Å². The number of ketones is 1. The monoisotopic (exact) mass is 228 g/mol. The maximum atomic E-state index is 11.6. The molecule has 1 aromatic rings. The molecule has 1 aliphatic rings. The largest absolute Gasteiger partial charge is 0.368 e. The van der Waals surface area contributed by atoms with Crippen LogP contribution in [0.2, 0.25) is 0 Å². The molecule has 2 rings (SSSR count). The molecular weight excluding hydrogens is 212 g/mol. The average molecular weight is 228 g/mol. The van der Waals surface area contributed by atoms with E-state index >= 15 is 0 Å². The number of anilines is 1. The van der Waals surface area contributed by atoms with E-state index in [2.05, 4.69) is 17.9 Å². The van der Waals surface area contributed by atoms with Crippen LogP contribution in [0.3, 0.4) is 0 Å². The van der Waals surface area contributed by atoms with E-state index in [1.165, 1.54) is 0 Å². The number of nitrogens with zero attached hydrogens (tertiary/aromatic N) is 2. The SMILES string of the molecule is CC(=O)c1ccc(C#N)cc1N1CCCC1C. The third-order valence-electron chi connectivity index (χ3n) is 3.37. The van der Waals surface area contributed by atoms with E-state index in [0.29, 0.717) is 11.6 Å². The molecule has 3 heteroatoms. The van der Waals surface area contributed by atoms with E-state index in [-0.39, 0.29) is 5.78 Å². The van der Waals surface area contributed by atoms with Crippen LogP contribution in [0.25, 0.3) is 0 Å². The molecule has 1 atom stereocenters. The predicted octanol–water partition coefficient (Wildman–Crippen LogP) is 2.75. The fraction of sp³-hybridized carbons (Fsp3) is 0.429. The molecule has 1 saturated heterocycles. The summed E-state index contributed by atoms with van der Waals surface area (Å²) in [5.41, 5.74) is 2.25. The van der Waals surface area contributed by atoms with Gasteiger partial charge >= 0.3 is 0 Å². The van der Waals surface area contributed by atoms with Gasteiger partial charge in [-0.2, -0.15) is 5.26 Å². The summed E-state index contributed by atoms with van der Waals surface area (Å²) in [6, 6.07) is 7.89. The Balaban J connectivity index is 2.49. The van der Waals surface area contributed by atoms with Crippen LogP contribution >= 0.6 is 0 Å². The highest BCUT2D eigenvalue weighted by atomic mass is 16.1. The normalized spacial score (nSPS) is 19.1. The molecule has 17 heavy (non-hydrogen) atoms. The van der Waals surface area contributed by atoms with Crippen LogP contribution in [0.1, 0.15) is 42.6 Å². The van der Waals surface area contributed by atoms with E-state index < -0.39 is 0 Å². The smallest absolute Gasteiger partial charge is 0.161 e. The van der Waals surface area contributed by atoms with Crippen LogP contribution in [-0.2, 0) is 0 Å². The van der Waals surface area contributed by atoms with Crippen molar-refractivity contribution in [2.24, 2.45) is 0 Å². The van der Waals surface area contributed by atoms with Gasteiger partial charge in [0, 0.05) is 23.8 Å². The summed E-state index contributed by atoms with van der Waals surface area (Å²) in [5, 5.41) is 8.95. The molecule has 0 aromatic heterocycles. The van der Waals surface area contributed by atoms with E-state index in [4.69, 9.17) is 5.26 Å². The standard InChI is InChI=1S/C14H16N2O/c1-10-4-3-7-16(10)14-8-12(9-15)5-6-13(14)11(2)17/h5-6,8,10H,3-4,7H2,1-2H3. The van der Waals surface area contributed by atoms with Gasteiger partial charge in [0.2, 0.25) is 0 Å². The Hall–Kier alpha value is -1.82. The molecule has 1 heterocycles. The number of rotatable bonds is 2. The highest BCUT2D eigenvalue weighted by Crippen LogP contribution is 2.29. The molecule has 1 unspecified atom stereocenters. The van der Waals surface area contributed by atoms with Gasteiger partial charge in [-0.25, -0.2) is 0 Å². The summed E-state index contributed by atoms with van der Waals surface area (Å²) in [7, 11) is 0. The van der Waals surface area contributed by atoms with Gasteiger partial charge < -0.3 is 4.90 Å². The fourth-order valence-corrected chi connectivity index (χ4v) is 2.43. The first kappa shape index (κ1) is 11.7. The minimum atomic E-state index is 0.0589. The van der Waals surface area contributed by atoms with Crippen molar-refractivity contribution in [3.8, 4) is 6.07 Å². The second-order valence-corrected chi connectivity index (χ2v) is 4.58. The first-order chi connectivity index (χ1) is 8.13. The first-order valence-electron chi connectivity index (χ1n) is 5.95. The summed E-state index contributed by atoms with van der Waals surface area (Å²) < 4.78 is 0. The zero-order valence-electron chi connectivity index (χ0n) is 10.2. The summed E-state index contributed by atoms with van der Waals surface area (Å²) in [6.07, 6.45) is 2.30. The Labute approximate surface area is 102 Å². The van der Waals surface area contributed by atoms with Crippen molar-refractivity contribution in [3.63, 3.8) is 0 Å². The second kappa shape index (κ2) is 4.58. The third kappa shape index (κ3) is 2.16. The highest BCUT2D eigenvalue weighted by molar-refractivity contribution is 6.00. The quantitative estimate of drug-likeness (QED) is 0.731. The van der Waals surface area contributed by atoms with Crippen LogP contribution in [0.5, 0.6) is 0 Å². The molecule has 1 fully saturated rings. The number of nitriles is 1. The van der Waals surface area contributed by atoms with Gasteiger partial charge in [-0.15, -0.1) is 0 Å². The Morgan fingerprint density at radius 1 is 1.53 bits per heavy atom. The predicted molar refractivity (Wildman–Crippen MR) is 67.2 cm³/mol. The summed E-state index contributed by atoms with van der Waals surface area (Å²) >= 11 is 0. The van der Waals surface area contributed by atoms with Gasteiger partial charge in [-0.05, 0) is 44.9 Å². The average Bonchev–Trinajstić information content (AvgIpc) is 2.74. The van der Waals surface area contributed by atoms with Crippen molar-refractivity contribution in [1.29, 1.82) is 5.26 Å². The maximum absolute atomic E-state index is 11.6. The number of carbonyl (C=O) groups is 1. The lowest BCUT2D eigenvalue weighted by molar-refractivity contribution is 0.101. The summed E-state index contributed by atoms with van der Waals surface area (Å²) in [4.78, 5) is 13.9. The fourth-order valence-electron chi connectivity index (χ4n) is 2.43. The highest BCUT2D eigenvalue weighted by Gasteiger charge is 2.24. The molecule has 0 saturated carbocycles. The zero-order valence-corrected chi connectivity index (χ0v) is 10.2. The molecule has 0 radical (unpaired) electrons. The van der Waals surface area contributed by atoms with Crippen molar-refractivity contribution in [2.45, 2.75) is 32.7 Å². The zero-order chi connectivity index (χ0) is 12.4. The second-order valence-electron chi connectivity index (χ2n) is 4.58. The first-order valence-corrected chi connectivity index (χ1v) is 5.95. The lowest BCUT2D eigenvalue weighted by Crippen LogP contribution is -2.27. The van der Waals surface area contributed by atoms with Gasteiger partial charge in [0.25, 0.3) is 0 Å². The molecule has 1 aromatic carbocycles. The Bertz CT molecular complexity index is 487. The van der Waals surface area contributed by atoms with Crippen molar-refractivity contribution in [2.75, 3.05) is 11.4 Å². The Morgan fingerprint density at radius 2 is 2.29 bits per heavy atom. The molecule has 1 aliphatic heterocycles. The van der Waals surface area contributed by atoms with Crippen molar-refractivity contribution < 1.29 is 4.79 Å². The molecule has 0 aliphatic carbocycles. The van der Waals surface area contributed by atoms with Crippen LogP contribution in [0, 0.1) is 11.3 Å². The summed E-state index contributed by atoms with van der Waals surface area (Å²) in [5.74, 6) is 0.0589. The van der Waals surface area contributed by atoms with Gasteiger partial charge in [0.15, 0.2) is 5.78 Å². The number of hydrogen-bond donors (Lipinski definition) is 0. The van der Waals surface area contributed by atoms with E-state index in [9.17, 15) is 4.79 Å². The van der Waals surface area contributed by atoms with Crippen molar-refractivity contribution in [3.05, 3.63) is 29.3 Å². The van der Waals surface area contributed by atoms with E-state index in [1.54, 1.807) is 19.1 Å². The van der Waals surface area contributed by atoms with Crippen molar-refractivity contribution >= 4 is 11.5 Å². The van der Waals surface area contributed by atoms with Crippen LogP contribution in [0.4, 0.5) is 5.69 Å². The van der Waals surface area contributed by atoms with Crippen molar-refractivity contribution in [1.82, 2.24) is 0 Å². The van der Waals surface area contributed by atoms with Gasteiger partial charge in [0.1, 0.15) is 0 Å². The molecule has 0 spiro atoms. The molecule has 0 bridgehead atoms. The molecular formula is C14H16N2O. The molecule has 0 N–H and O–H groups in total. The maximum Gasteiger partial charge on any atom is 0.161 e. The molecule has 88 valence electrons. The number of carbonyl (C=O) groups excluding carboxylic acids is 1. The minimum absolute atomic E-state index is 0.0589. The lowest BCUT2D eigenvalue weighted by Gasteiger charge is -2.26. The number of hydrogen-bond acceptors (Lipinski definition) is 3. The summed E-state index contributed by atoms with van der Waals surface area (Å²) in [6.45, 7) is 4.71. The van der Waals surface area contributed by atoms with Crippen LogP contribution < -0.4 is 4.90 Å².